The Hall–Kier alpha value is -1.16. The molecule has 0 radical (unpaired) electrons. The topological polar surface area (TPSA) is 30.7 Å². The summed E-state index contributed by atoms with van der Waals surface area (Å²) in [7, 11) is 0. The first-order valence-corrected chi connectivity index (χ1v) is 6.05. The third-order valence-corrected chi connectivity index (χ3v) is 3.45. The van der Waals surface area contributed by atoms with Crippen molar-refractivity contribution in [2.24, 2.45) is 0 Å². The predicted octanol–water partition coefficient (Wildman–Crippen LogP) is 3.60. The number of aromatic nitrogens is 3. The molecule has 0 unspecified atom stereocenters. The molecule has 0 aliphatic rings. The summed E-state index contributed by atoms with van der Waals surface area (Å²) in [5.74, 6) is 0. The van der Waals surface area contributed by atoms with E-state index in [4.69, 9.17) is 0 Å². The van der Waals surface area contributed by atoms with Crippen LogP contribution in [0.15, 0.2) is 29.0 Å². The maximum absolute atomic E-state index is 4.61. The fourth-order valence-corrected chi connectivity index (χ4v) is 2.18. The molecule has 0 amide bonds. The van der Waals surface area contributed by atoms with E-state index in [2.05, 4.69) is 46.8 Å². The van der Waals surface area contributed by atoms with Gasteiger partial charge in [0.15, 0.2) is 0 Å². The van der Waals surface area contributed by atoms with E-state index in [9.17, 15) is 0 Å². The third kappa shape index (κ3) is 1.89. The molecule has 0 bridgehead atoms. The summed E-state index contributed by atoms with van der Waals surface area (Å²) in [4.78, 5) is 4.12. The quantitative estimate of drug-likeness (QED) is 0.841. The molecule has 2 rings (SSSR count). The standard InChI is InChI=1S/C12H14BrN3/c1-8(2)16-9(3)11(13)12(15-16)10-5-4-6-14-7-10/h4-8H,1-3H3. The fraction of sp³-hybridized carbons (Fsp3) is 0.333. The van der Waals surface area contributed by atoms with Crippen molar-refractivity contribution in [1.29, 1.82) is 0 Å². The van der Waals surface area contributed by atoms with Gasteiger partial charge in [0.05, 0.1) is 10.2 Å². The molecule has 4 heteroatoms. The van der Waals surface area contributed by atoms with Gasteiger partial charge >= 0.3 is 0 Å². The molecule has 16 heavy (non-hydrogen) atoms. The molecule has 84 valence electrons. The van der Waals surface area contributed by atoms with Crippen molar-refractivity contribution in [3.8, 4) is 11.3 Å². The lowest BCUT2D eigenvalue weighted by atomic mass is 10.2. The smallest absolute Gasteiger partial charge is 0.108 e. The molecular formula is C12H14BrN3. The molecule has 0 saturated heterocycles. The Morgan fingerprint density at radius 1 is 1.38 bits per heavy atom. The molecule has 2 aromatic rings. The van der Waals surface area contributed by atoms with Crippen LogP contribution in [0.25, 0.3) is 11.3 Å². The Morgan fingerprint density at radius 2 is 2.12 bits per heavy atom. The van der Waals surface area contributed by atoms with Gasteiger partial charge < -0.3 is 0 Å². The van der Waals surface area contributed by atoms with Crippen molar-refractivity contribution in [3.05, 3.63) is 34.7 Å². The monoisotopic (exact) mass is 279 g/mol. The normalized spacial score (nSPS) is 11.1. The molecule has 2 heterocycles. The minimum atomic E-state index is 0.363. The summed E-state index contributed by atoms with van der Waals surface area (Å²) in [5.41, 5.74) is 3.14. The van der Waals surface area contributed by atoms with Gasteiger partial charge in [0.1, 0.15) is 5.69 Å². The summed E-state index contributed by atoms with van der Waals surface area (Å²) >= 11 is 3.59. The van der Waals surface area contributed by atoms with Crippen LogP contribution in [0.1, 0.15) is 25.6 Å². The van der Waals surface area contributed by atoms with Crippen molar-refractivity contribution in [2.75, 3.05) is 0 Å². The van der Waals surface area contributed by atoms with Crippen molar-refractivity contribution >= 4 is 15.9 Å². The number of pyridine rings is 1. The van der Waals surface area contributed by atoms with Crippen molar-refractivity contribution in [3.63, 3.8) is 0 Å². The lowest BCUT2D eigenvalue weighted by Gasteiger charge is -2.07. The van der Waals surface area contributed by atoms with Crippen LogP contribution in [-0.2, 0) is 0 Å². The molecule has 0 aromatic carbocycles. The Morgan fingerprint density at radius 3 is 2.62 bits per heavy atom. The third-order valence-electron chi connectivity index (χ3n) is 2.50. The Balaban J connectivity index is 2.55. The number of halogens is 1. The molecule has 3 nitrogen and oxygen atoms in total. The Bertz CT molecular complexity index is 488. The summed E-state index contributed by atoms with van der Waals surface area (Å²) in [5, 5.41) is 4.61. The van der Waals surface area contributed by atoms with E-state index >= 15 is 0 Å². The minimum Gasteiger partial charge on any atom is -0.266 e. The van der Waals surface area contributed by atoms with Crippen molar-refractivity contribution in [1.82, 2.24) is 14.8 Å². The van der Waals surface area contributed by atoms with Crippen LogP contribution in [0.3, 0.4) is 0 Å². The molecule has 0 saturated carbocycles. The highest BCUT2D eigenvalue weighted by Gasteiger charge is 2.15. The predicted molar refractivity (Wildman–Crippen MR) is 68.3 cm³/mol. The zero-order valence-electron chi connectivity index (χ0n) is 9.61. The van der Waals surface area contributed by atoms with E-state index < -0.39 is 0 Å². The van der Waals surface area contributed by atoms with Crippen molar-refractivity contribution in [2.45, 2.75) is 26.8 Å². The van der Waals surface area contributed by atoms with Gasteiger partial charge in [-0.3, -0.25) is 9.67 Å². The Labute approximate surface area is 104 Å². The van der Waals surface area contributed by atoms with E-state index in [1.54, 1.807) is 6.20 Å². The molecule has 0 N–H and O–H groups in total. The molecule has 0 spiro atoms. The molecule has 0 fully saturated rings. The molecule has 0 atom stereocenters. The van der Waals surface area contributed by atoms with E-state index in [-0.39, 0.29) is 0 Å². The average Bonchev–Trinajstić information content (AvgIpc) is 2.58. The SMILES string of the molecule is Cc1c(Br)c(-c2cccnc2)nn1C(C)C. The average molecular weight is 280 g/mol. The number of rotatable bonds is 2. The first-order chi connectivity index (χ1) is 7.61. The molecular weight excluding hydrogens is 266 g/mol. The van der Waals surface area contributed by atoms with Gasteiger partial charge in [0.2, 0.25) is 0 Å². The van der Waals surface area contributed by atoms with Gasteiger partial charge in [0, 0.05) is 24.0 Å². The maximum Gasteiger partial charge on any atom is 0.108 e. The fourth-order valence-electron chi connectivity index (χ4n) is 1.69. The summed E-state index contributed by atoms with van der Waals surface area (Å²) in [6, 6.07) is 4.30. The van der Waals surface area contributed by atoms with Crippen LogP contribution in [0.2, 0.25) is 0 Å². The second kappa shape index (κ2) is 4.37. The summed E-state index contributed by atoms with van der Waals surface area (Å²) in [6.45, 7) is 6.32. The number of hydrogen-bond acceptors (Lipinski definition) is 2. The second-order valence-corrected chi connectivity index (χ2v) is 4.82. The highest BCUT2D eigenvalue weighted by molar-refractivity contribution is 9.10. The minimum absolute atomic E-state index is 0.363. The molecule has 0 aliphatic heterocycles. The van der Waals surface area contributed by atoms with Crippen LogP contribution >= 0.6 is 15.9 Å². The van der Waals surface area contributed by atoms with Crippen LogP contribution in [0.4, 0.5) is 0 Å². The highest BCUT2D eigenvalue weighted by Crippen LogP contribution is 2.30. The number of hydrogen-bond donors (Lipinski definition) is 0. The van der Waals surface area contributed by atoms with Gasteiger partial charge in [-0.2, -0.15) is 5.10 Å². The van der Waals surface area contributed by atoms with E-state index in [0.717, 1.165) is 21.4 Å². The summed E-state index contributed by atoms with van der Waals surface area (Å²) in [6.07, 6.45) is 3.60. The van der Waals surface area contributed by atoms with Gasteiger partial charge in [-0.25, -0.2) is 0 Å². The van der Waals surface area contributed by atoms with Gasteiger partial charge in [-0.05, 0) is 48.8 Å². The van der Waals surface area contributed by atoms with Crippen LogP contribution in [-0.4, -0.2) is 14.8 Å². The second-order valence-electron chi connectivity index (χ2n) is 4.03. The first-order valence-electron chi connectivity index (χ1n) is 5.26. The lowest BCUT2D eigenvalue weighted by molar-refractivity contribution is 0.520. The van der Waals surface area contributed by atoms with Crippen molar-refractivity contribution < 1.29 is 0 Å². The largest absolute Gasteiger partial charge is 0.266 e. The van der Waals surface area contributed by atoms with Gasteiger partial charge in [-0.1, -0.05) is 0 Å². The van der Waals surface area contributed by atoms with Crippen LogP contribution in [0, 0.1) is 6.92 Å². The molecule has 0 aliphatic carbocycles. The maximum atomic E-state index is 4.61. The van der Waals surface area contributed by atoms with E-state index in [0.29, 0.717) is 6.04 Å². The van der Waals surface area contributed by atoms with E-state index in [1.165, 1.54) is 0 Å². The van der Waals surface area contributed by atoms with E-state index in [1.807, 2.05) is 23.0 Å². The van der Waals surface area contributed by atoms with Gasteiger partial charge in [-0.15, -0.1) is 0 Å². The van der Waals surface area contributed by atoms with Gasteiger partial charge in [0.25, 0.3) is 0 Å². The van der Waals surface area contributed by atoms with Crippen LogP contribution < -0.4 is 0 Å². The van der Waals surface area contributed by atoms with Crippen LogP contribution in [0.5, 0.6) is 0 Å². The number of nitrogens with zero attached hydrogens (tertiary/aromatic N) is 3. The zero-order valence-corrected chi connectivity index (χ0v) is 11.2. The summed E-state index contributed by atoms with van der Waals surface area (Å²) < 4.78 is 3.07. The zero-order chi connectivity index (χ0) is 11.7. The first kappa shape index (κ1) is 11.3. The highest BCUT2D eigenvalue weighted by atomic mass is 79.9. The lowest BCUT2D eigenvalue weighted by Crippen LogP contribution is -2.04. The molecule has 2 aromatic heterocycles. The Kier molecular flexibility index (Phi) is 3.10.